The first-order valence-electron chi connectivity index (χ1n) is 6.84. The van der Waals surface area contributed by atoms with E-state index in [1.54, 1.807) is 26.0 Å². The molecule has 1 heterocycles. The minimum absolute atomic E-state index is 0.0981. The highest BCUT2D eigenvalue weighted by Crippen LogP contribution is 2.13. The lowest BCUT2D eigenvalue weighted by Gasteiger charge is -2.17. The highest BCUT2D eigenvalue weighted by Gasteiger charge is 2.19. The number of fused-ring (bicyclic) bond motifs is 1. The van der Waals surface area contributed by atoms with Crippen molar-refractivity contribution >= 4 is 16.8 Å². The molecular weight excluding hydrogens is 285 g/mol. The van der Waals surface area contributed by atoms with Crippen molar-refractivity contribution in [2.75, 3.05) is 0 Å². The lowest BCUT2D eigenvalue weighted by atomic mass is 10.1. The normalized spacial score (nSPS) is 11.2. The molecular formula is C16H16FN3O2. The van der Waals surface area contributed by atoms with Crippen LogP contribution < -0.4 is 10.9 Å². The molecule has 114 valence electrons. The van der Waals surface area contributed by atoms with Gasteiger partial charge in [-0.2, -0.15) is 5.26 Å². The van der Waals surface area contributed by atoms with Gasteiger partial charge in [0.15, 0.2) is 0 Å². The third-order valence-corrected chi connectivity index (χ3v) is 3.24. The molecule has 0 bridgehead atoms. The summed E-state index contributed by atoms with van der Waals surface area (Å²) in [4.78, 5) is 26.3. The Balaban J connectivity index is 2.14. The Bertz CT molecular complexity index is 818. The van der Waals surface area contributed by atoms with Gasteiger partial charge in [-0.25, -0.2) is 4.39 Å². The summed E-state index contributed by atoms with van der Waals surface area (Å²) in [5.74, 6) is -0.723. The van der Waals surface area contributed by atoms with Crippen LogP contribution >= 0.6 is 0 Å². The molecule has 2 aromatic rings. The van der Waals surface area contributed by atoms with Gasteiger partial charge in [-0.05, 0) is 49.9 Å². The topological polar surface area (TPSA) is 85.8 Å². The number of rotatable bonds is 4. The Labute approximate surface area is 126 Å². The zero-order valence-electron chi connectivity index (χ0n) is 12.4. The first-order chi connectivity index (χ1) is 10.3. The summed E-state index contributed by atoms with van der Waals surface area (Å²) in [5.41, 5.74) is -0.414. The molecule has 0 aliphatic carbocycles. The van der Waals surface area contributed by atoms with E-state index in [1.807, 2.05) is 6.07 Å². The number of carbonyl (C=O) groups excluding carboxylic acids is 1. The van der Waals surface area contributed by atoms with Gasteiger partial charge in [0.1, 0.15) is 11.4 Å². The highest BCUT2D eigenvalue weighted by molar-refractivity contribution is 5.80. The second kappa shape index (κ2) is 5.98. The zero-order chi connectivity index (χ0) is 16.3. The second-order valence-electron chi connectivity index (χ2n) is 5.64. The van der Waals surface area contributed by atoms with E-state index in [1.165, 1.54) is 12.1 Å². The molecule has 1 aromatic carbocycles. The van der Waals surface area contributed by atoms with Crippen LogP contribution in [0.15, 0.2) is 29.1 Å². The number of benzene rings is 1. The first-order valence-corrected chi connectivity index (χ1v) is 6.84. The van der Waals surface area contributed by atoms with Gasteiger partial charge in [0.05, 0.1) is 11.6 Å². The van der Waals surface area contributed by atoms with Gasteiger partial charge in [0.2, 0.25) is 5.91 Å². The van der Waals surface area contributed by atoms with Crippen molar-refractivity contribution in [2.45, 2.75) is 32.2 Å². The van der Waals surface area contributed by atoms with Crippen LogP contribution in [0.25, 0.3) is 10.9 Å². The molecule has 0 radical (unpaired) electrons. The molecule has 0 aliphatic rings. The third kappa shape index (κ3) is 3.70. The van der Waals surface area contributed by atoms with Crippen molar-refractivity contribution in [3.8, 4) is 6.07 Å². The van der Waals surface area contributed by atoms with Crippen LogP contribution in [0.4, 0.5) is 4.39 Å². The van der Waals surface area contributed by atoms with Crippen LogP contribution in [0.1, 0.15) is 25.8 Å². The van der Waals surface area contributed by atoms with Crippen molar-refractivity contribution in [3.63, 3.8) is 0 Å². The van der Waals surface area contributed by atoms with E-state index in [9.17, 15) is 14.0 Å². The molecule has 0 atom stereocenters. The fraction of sp³-hybridized carbons (Fsp3) is 0.312. The Morgan fingerprint density at radius 1 is 1.41 bits per heavy atom. The van der Waals surface area contributed by atoms with E-state index in [4.69, 9.17) is 5.26 Å². The van der Waals surface area contributed by atoms with Crippen LogP contribution in [0.3, 0.4) is 0 Å². The van der Waals surface area contributed by atoms with E-state index in [0.29, 0.717) is 16.5 Å². The van der Waals surface area contributed by atoms with Crippen LogP contribution in [-0.2, 0) is 11.2 Å². The molecule has 0 saturated heterocycles. The number of nitriles is 1. The fourth-order valence-corrected chi connectivity index (χ4v) is 2.09. The van der Waals surface area contributed by atoms with Crippen LogP contribution in [0, 0.1) is 17.1 Å². The van der Waals surface area contributed by atoms with E-state index >= 15 is 0 Å². The maximum atomic E-state index is 13.1. The number of carbonyl (C=O) groups is 1. The minimum atomic E-state index is -0.940. The molecule has 0 unspecified atom stereocenters. The molecule has 0 aliphatic heterocycles. The van der Waals surface area contributed by atoms with Crippen LogP contribution in [-0.4, -0.2) is 16.4 Å². The number of aromatic nitrogens is 1. The van der Waals surface area contributed by atoms with Gasteiger partial charge in [-0.3, -0.25) is 9.59 Å². The highest BCUT2D eigenvalue weighted by atomic mass is 19.1. The number of amides is 1. The van der Waals surface area contributed by atoms with Crippen molar-refractivity contribution in [1.29, 1.82) is 5.26 Å². The molecule has 0 saturated carbocycles. The second-order valence-corrected chi connectivity index (χ2v) is 5.64. The Morgan fingerprint density at radius 2 is 2.14 bits per heavy atom. The number of hydrogen-bond donors (Lipinski definition) is 2. The summed E-state index contributed by atoms with van der Waals surface area (Å²) in [6, 6.07) is 7.76. The summed E-state index contributed by atoms with van der Waals surface area (Å²) in [7, 11) is 0. The first kappa shape index (κ1) is 15.7. The largest absolute Gasteiger partial charge is 0.338 e. The van der Waals surface area contributed by atoms with Gasteiger partial charge < -0.3 is 10.3 Å². The molecule has 2 rings (SSSR count). The standard InChI is InChI=1S/C16H16FN3O2/c1-16(2,9-18)20-14(21)6-4-11-7-10-3-5-12(17)8-13(10)19-15(11)22/h3,5,7-8H,4,6H2,1-2H3,(H,19,22)(H,20,21). The summed E-state index contributed by atoms with van der Waals surface area (Å²) < 4.78 is 13.1. The Kier molecular flexibility index (Phi) is 4.27. The van der Waals surface area contributed by atoms with Gasteiger partial charge in [0.25, 0.3) is 5.56 Å². The smallest absolute Gasteiger partial charge is 0.251 e. The molecule has 5 nitrogen and oxygen atoms in total. The van der Waals surface area contributed by atoms with Gasteiger partial charge >= 0.3 is 0 Å². The average Bonchev–Trinajstić information content (AvgIpc) is 2.44. The predicted octanol–water partition coefficient (Wildman–Crippen LogP) is 2.02. The van der Waals surface area contributed by atoms with E-state index in [0.717, 1.165) is 0 Å². The van der Waals surface area contributed by atoms with Crippen molar-refractivity contribution in [1.82, 2.24) is 10.3 Å². The maximum Gasteiger partial charge on any atom is 0.251 e. The molecule has 0 spiro atoms. The molecule has 2 N–H and O–H groups in total. The van der Waals surface area contributed by atoms with E-state index < -0.39 is 11.4 Å². The molecule has 1 amide bonds. The molecule has 6 heteroatoms. The number of hydrogen-bond acceptors (Lipinski definition) is 3. The number of nitrogens with zero attached hydrogens (tertiary/aromatic N) is 1. The van der Waals surface area contributed by atoms with Crippen LogP contribution in [0.5, 0.6) is 0 Å². The van der Waals surface area contributed by atoms with Crippen molar-refractivity contribution in [2.24, 2.45) is 0 Å². The Hall–Kier alpha value is -2.68. The average molecular weight is 301 g/mol. The number of H-pyrrole nitrogens is 1. The number of pyridine rings is 1. The summed E-state index contributed by atoms with van der Waals surface area (Å²) >= 11 is 0. The molecule has 0 fully saturated rings. The van der Waals surface area contributed by atoms with E-state index in [2.05, 4.69) is 10.3 Å². The number of aromatic amines is 1. The van der Waals surface area contributed by atoms with Gasteiger partial charge in [-0.1, -0.05) is 0 Å². The maximum absolute atomic E-state index is 13.1. The Morgan fingerprint density at radius 3 is 2.82 bits per heavy atom. The van der Waals surface area contributed by atoms with Gasteiger partial charge in [-0.15, -0.1) is 0 Å². The molecule has 1 aromatic heterocycles. The van der Waals surface area contributed by atoms with E-state index in [-0.39, 0.29) is 24.3 Å². The van der Waals surface area contributed by atoms with Crippen molar-refractivity contribution in [3.05, 3.63) is 46.0 Å². The van der Waals surface area contributed by atoms with Crippen molar-refractivity contribution < 1.29 is 9.18 Å². The summed E-state index contributed by atoms with van der Waals surface area (Å²) in [5, 5.41) is 12.1. The predicted molar refractivity (Wildman–Crippen MR) is 80.7 cm³/mol. The third-order valence-electron chi connectivity index (χ3n) is 3.24. The lowest BCUT2D eigenvalue weighted by Crippen LogP contribution is -2.42. The quantitative estimate of drug-likeness (QED) is 0.906. The number of nitrogens with one attached hydrogen (secondary N) is 2. The SMILES string of the molecule is CC(C)(C#N)NC(=O)CCc1cc2ccc(F)cc2[nH]c1=O. The summed E-state index contributed by atoms with van der Waals surface area (Å²) in [6.45, 7) is 3.20. The summed E-state index contributed by atoms with van der Waals surface area (Å²) in [6.07, 6.45) is 0.344. The lowest BCUT2D eigenvalue weighted by molar-refractivity contribution is -0.122. The van der Waals surface area contributed by atoms with Gasteiger partial charge in [0, 0.05) is 12.0 Å². The molecule has 22 heavy (non-hydrogen) atoms. The monoisotopic (exact) mass is 301 g/mol. The fourth-order valence-electron chi connectivity index (χ4n) is 2.09. The zero-order valence-corrected chi connectivity index (χ0v) is 12.4. The number of aryl methyl sites for hydroxylation is 1. The number of halogens is 1. The van der Waals surface area contributed by atoms with Crippen LogP contribution in [0.2, 0.25) is 0 Å². The minimum Gasteiger partial charge on any atom is -0.338 e.